The number of nitrogens with zero attached hydrogens (tertiary/aromatic N) is 2. The van der Waals surface area contributed by atoms with E-state index in [2.05, 4.69) is 8.75 Å². The molecule has 0 unspecified atom stereocenters. The van der Waals surface area contributed by atoms with Crippen LogP contribution >= 0.6 is 11.7 Å². The van der Waals surface area contributed by atoms with Crippen molar-refractivity contribution in [3.8, 4) is 0 Å². The fourth-order valence-electron chi connectivity index (χ4n) is 0.528. The number of rotatable bonds is 1. The van der Waals surface area contributed by atoms with Crippen molar-refractivity contribution in [3.05, 3.63) is 11.6 Å². The van der Waals surface area contributed by atoms with Crippen LogP contribution in [0.5, 0.6) is 0 Å². The Kier molecular flexibility index (Phi) is 1.75. The Morgan fingerprint density at radius 1 is 1.44 bits per heavy atom. The molecule has 50 valence electrons. The van der Waals surface area contributed by atoms with E-state index in [-0.39, 0.29) is 5.92 Å². The van der Waals surface area contributed by atoms with Gasteiger partial charge in [-0.15, -0.1) is 4.37 Å². The fraction of sp³-hybridized carbons (Fsp3) is 0.600. The minimum Gasteiger partial charge on any atom is -0.182 e. The zero-order valence-corrected chi connectivity index (χ0v) is 6.07. The van der Waals surface area contributed by atoms with Gasteiger partial charge in [0.25, 0.3) is 0 Å². The molecule has 0 aliphatic heterocycles. The molecule has 0 aliphatic rings. The maximum absolute atomic E-state index is 12.4. The van der Waals surface area contributed by atoms with E-state index in [9.17, 15) is 4.39 Å². The maximum Gasteiger partial charge on any atom is 0.247 e. The third kappa shape index (κ3) is 1.24. The van der Waals surface area contributed by atoms with Crippen LogP contribution < -0.4 is 0 Å². The van der Waals surface area contributed by atoms with Crippen molar-refractivity contribution in [2.45, 2.75) is 19.8 Å². The Bertz CT molecular complexity index is 197. The van der Waals surface area contributed by atoms with Gasteiger partial charge in [0.15, 0.2) is 0 Å². The van der Waals surface area contributed by atoms with E-state index >= 15 is 0 Å². The van der Waals surface area contributed by atoms with E-state index in [1.165, 1.54) is 0 Å². The number of hydrogen-bond donors (Lipinski definition) is 0. The lowest BCUT2D eigenvalue weighted by Gasteiger charge is -1.94. The summed E-state index contributed by atoms with van der Waals surface area (Å²) in [4.78, 5) is 0. The average Bonchev–Trinajstić information content (AvgIpc) is 2.13. The molecular weight excluding hydrogens is 139 g/mol. The van der Waals surface area contributed by atoms with Crippen LogP contribution in [0.2, 0.25) is 0 Å². The van der Waals surface area contributed by atoms with Crippen LogP contribution in [0.1, 0.15) is 25.5 Å². The largest absolute Gasteiger partial charge is 0.247 e. The summed E-state index contributed by atoms with van der Waals surface area (Å²) < 4.78 is 19.6. The van der Waals surface area contributed by atoms with Gasteiger partial charge in [0.1, 0.15) is 5.69 Å². The molecule has 0 saturated heterocycles. The second-order valence-corrected chi connectivity index (χ2v) is 2.62. The van der Waals surface area contributed by atoms with Crippen molar-refractivity contribution in [2.75, 3.05) is 0 Å². The molecule has 1 rings (SSSR count). The van der Waals surface area contributed by atoms with Gasteiger partial charge in [0.05, 0.1) is 11.7 Å². The minimum atomic E-state index is -0.421. The first-order chi connectivity index (χ1) is 4.22. The van der Waals surface area contributed by atoms with Gasteiger partial charge in [-0.25, -0.2) is 0 Å². The standard InChI is InChI=1S/C5H7FN2S/c1-3(2)4-5(6)8-9-7-4/h3H,1-2H3. The van der Waals surface area contributed by atoms with Gasteiger partial charge in [0, 0.05) is 5.92 Å². The zero-order chi connectivity index (χ0) is 6.85. The van der Waals surface area contributed by atoms with Gasteiger partial charge in [-0.1, -0.05) is 13.8 Å². The van der Waals surface area contributed by atoms with Crippen molar-refractivity contribution in [1.29, 1.82) is 0 Å². The van der Waals surface area contributed by atoms with E-state index in [1.807, 2.05) is 13.8 Å². The van der Waals surface area contributed by atoms with Crippen LogP contribution in [0.4, 0.5) is 4.39 Å². The molecule has 2 nitrogen and oxygen atoms in total. The van der Waals surface area contributed by atoms with E-state index in [1.54, 1.807) is 0 Å². The first kappa shape index (κ1) is 6.61. The van der Waals surface area contributed by atoms with Crippen molar-refractivity contribution >= 4 is 11.7 Å². The average molecular weight is 146 g/mol. The SMILES string of the molecule is CC(C)c1nsnc1F. The summed E-state index contributed by atoms with van der Waals surface area (Å²) in [6.45, 7) is 3.78. The van der Waals surface area contributed by atoms with Crippen LogP contribution in [-0.2, 0) is 0 Å². The van der Waals surface area contributed by atoms with E-state index in [4.69, 9.17) is 0 Å². The molecule has 4 heteroatoms. The minimum absolute atomic E-state index is 0.142. The van der Waals surface area contributed by atoms with E-state index in [0.29, 0.717) is 5.69 Å². The molecule has 0 N–H and O–H groups in total. The van der Waals surface area contributed by atoms with Crippen molar-refractivity contribution in [2.24, 2.45) is 0 Å². The predicted octanol–water partition coefficient (Wildman–Crippen LogP) is 1.80. The molecule has 0 atom stereocenters. The molecule has 0 aliphatic carbocycles. The summed E-state index contributed by atoms with van der Waals surface area (Å²) in [5, 5.41) is 0. The summed E-state index contributed by atoms with van der Waals surface area (Å²) in [5.74, 6) is -0.279. The summed E-state index contributed by atoms with van der Waals surface area (Å²) in [7, 11) is 0. The lowest BCUT2D eigenvalue weighted by molar-refractivity contribution is 0.565. The van der Waals surface area contributed by atoms with E-state index in [0.717, 1.165) is 11.7 Å². The molecule has 0 saturated carbocycles. The summed E-state index contributed by atoms with van der Waals surface area (Å²) in [5.41, 5.74) is 0.472. The molecule has 0 aromatic carbocycles. The molecule has 0 radical (unpaired) electrons. The van der Waals surface area contributed by atoms with Gasteiger partial charge >= 0.3 is 0 Å². The summed E-state index contributed by atoms with van der Waals surface area (Å²) >= 11 is 0.920. The third-order valence-corrected chi connectivity index (χ3v) is 1.54. The highest BCUT2D eigenvalue weighted by Gasteiger charge is 2.09. The topological polar surface area (TPSA) is 25.8 Å². The van der Waals surface area contributed by atoms with Crippen LogP contribution in [0, 0.1) is 5.95 Å². The number of hydrogen-bond acceptors (Lipinski definition) is 3. The molecule has 0 fully saturated rings. The quantitative estimate of drug-likeness (QED) is 0.603. The predicted molar refractivity (Wildman–Crippen MR) is 34.0 cm³/mol. The summed E-state index contributed by atoms with van der Waals surface area (Å²) in [6, 6.07) is 0. The smallest absolute Gasteiger partial charge is 0.182 e. The lowest BCUT2D eigenvalue weighted by atomic mass is 10.1. The van der Waals surface area contributed by atoms with Crippen molar-refractivity contribution in [1.82, 2.24) is 8.75 Å². The third-order valence-electron chi connectivity index (χ3n) is 1.02. The normalized spacial score (nSPS) is 10.7. The van der Waals surface area contributed by atoms with Crippen LogP contribution in [0.25, 0.3) is 0 Å². The molecule has 0 spiro atoms. The Labute approximate surface area is 57.1 Å². The first-order valence-electron chi connectivity index (χ1n) is 2.69. The van der Waals surface area contributed by atoms with Gasteiger partial charge in [-0.2, -0.15) is 8.76 Å². The highest BCUT2D eigenvalue weighted by atomic mass is 32.1. The Hall–Kier alpha value is -0.510. The Balaban J connectivity index is 2.94. The molecule has 0 bridgehead atoms. The van der Waals surface area contributed by atoms with Crippen LogP contribution in [0.3, 0.4) is 0 Å². The van der Waals surface area contributed by atoms with E-state index < -0.39 is 5.95 Å². The Morgan fingerprint density at radius 2 is 2.11 bits per heavy atom. The van der Waals surface area contributed by atoms with Crippen molar-refractivity contribution in [3.63, 3.8) is 0 Å². The number of aromatic nitrogens is 2. The molecular formula is C5H7FN2S. The zero-order valence-electron chi connectivity index (χ0n) is 5.26. The molecule has 1 aromatic rings. The second-order valence-electron chi connectivity index (χ2n) is 2.09. The highest BCUT2D eigenvalue weighted by Crippen LogP contribution is 2.14. The van der Waals surface area contributed by atoms with Gasteiger partial charge in [-0.05, 0) is 0 Å². The molecule has 1 aromatic heterocycles. The molecule has 9 heavy (non-hydrogen) atoms. The van der Waals surface area contributed by atoms with Gasteiger partial charge in [-0.3, -0.25) is 0 Å². The monoisotopic (exact) mass is 146 g/mol. The Morgan fingerprint density at radius 3 is 2.33 bits per heavy atom. The van der Waals surface area contributed by atoms with Crippen LogP contribution in [0.15, 0.2) is 0 Å². The fourth-order valence-corrected chi connectivity index (χ4v) is 1.11. The van der Waals surface area contributed by atoms with Gasteiger partial charge < -0.3 is 0 Å². The van der Waals surface area contributed by atoms with Crippen molar-refractivity contribution < 1.29 is 4.39 Å². The summed E-state index contributed by atoms with van der Waals surface area (Å²) in [6.07, 6.45) is 0. The lowest BCUT2D eigenvalue weighted by Crippen LogP contribution is -1.90. The second kappa shape index (κ2) is 2.39. The first-order valence-corrected chi connectivity index (χ1v) is 3.43. The highest BCUT2D eigenvalue weighted by molar-refractivity contribution is 6.99. The maximum atomic E-state index is 12.4. The molecule has 1 heterocycles. The van der Waals surface area contributed by atoms with Gasteiger partial charge in [0.2, 0.25) is 5.95 Å². The number of halogens is 1. The molecule has 0 amide bonds. The van der Waals surface area contributed by atoms with Crippen LogP contribution in [-0.4, -0.2) is 8.75 Å².